The van der Waals surface area contributed by atoms with Crippen molar-refractivity contribution >= 4 is 5.91 Å². The molecule has 2 fully saturated rings. The molecule has 0 radical (unpaired) electrons. The quantitative estimate of drug-likeness (QED) is 0.697. The van der Waals surface area contributed by atoms with Gasteiger partial charge < -0.3 is 10.1 Å². The summed E-state index contributed by atoms with van der Waals surface area (Å²) in [5.74, 6) is 0.177. The molecule has 1 aromatic carbocycles. The van der Waals surface area contributed by atoms with Crippen LogP contribution < -0.4 is 5.32 Å². The molecule has 0 bridgehead atoms. The van der Waals surface area contributed by atoms with Crippen LogP contribution in [0.2, 0.25) is 0 Å². The largest absolute Gasteiger partial charge is 0.379 e. The Kier molecular flexibility index (Phi) is 8.77. The van der Waals surface area contributed by atoms with Gasteiger partial charge in [-0.15, -0.1) is 0 Å². The van der Waals surface area contributed by atoms with Crippen molar-refractivity contribution in [2.24, 2.45) is 0 Å². The molecule has 1 N–H and O–H groups in total. The molecule has 0 aromatic heterocycles. The van der Waals surface area contributed by atoms with Crippen molar-refractivity contribution in [1.82, 2.24) is 15.1 Å². The number of nitrogens with one attached hydrogen (secondary N) is 1. The topological polar surface area (TPSA) is 44.8 Å². The highest BCUT2D eigenvalue weighted by Crippen LogP contribution is 2.17. The molecule has 1 saturated heterocycles. The highest BCUT2D eigenvalue weighted by molar-refractivity contribution is 5.78. The van der Waals surface area contributed by atoms with Gasteiger partial charge in [-0.1, -0.05) is 56.0 Å². The maximum Gasteiger partial charge on any atom is 0.234 e. The minimum Gasteiger partial charge on any atom is -0.379 e. The van der Waals surface area contributed by atoms with Gasteiger partial charge in [-0.05, 0) is 25.3 Å². The van der Waals surface area contributed by atoms with Crippen molar-refractivity contribution in [1.29, 1.82) is 0 Å². The number of benzene rings is 1. The van der Waals surface area contributed by atoms with Crippen molar-refractivity contribution in [3.63, 3.8) is 0 Å². The SMILES string of the molecule is CC(CN1CCOCC1)N(CC(=O)NC1CCCCCC1)Cc1ccccc1. The number of rotatable bonds is 8. The number of ether oxygens (including phenoxy) is 1. The maximum absolute atomic E-state index is 12.8. The zero-order valence-electron chi connectivity index (χ0n) is 17.4. The summed E-state index contributed by atoms with van der Waals surface area (Å²) < 4.78 is 5.48. The Balaban J connectivity index is 1.58. The summed E-state index contributed by atoms with van der Waals surface area (Å²) in [6.07, 6.45) is 7.37. The second-order valence-corrected chi connectivity index (χ2v) is 8.41. The third kappa shape index (κ3) is 7.19. The minimum atomic E-state index is 0.177. The molecule has 28 heavy (non-hydrogen) atoms. The molecule has 156 valence electrons. The van der Waals surface area contributed by atoms with Crippen LogP contribution in [0.4, 0.5) is 0 Å². The van der Waals surface area contributed by atoms with Crippen LogP contribution in [0, 0.1) is 0 Å². The van der Waals surface area contributed by atoms with Crippen LogP contribution in [-0.2, 0) is 16.1 Å². The van der Waals surface area contributed by atoms with Crippen molar-refractivity contribution in [3.8, 4) is 0 Å². The second kappa shape index (κ2) is 11.5. The van der Waals surface area contributed by atoms with Crippen molar-refractivity contribution in [3.05, 3.63) is 35.9 Å². The molecule has 1 unspecified atom stereocenters. The number of amides is 1. The second-order valence-electron chi connectivity index (χ2n) is 8.41. The van der Waals surface area contributed by atoms with Crippen molar-refractivity contribution < 1.29 is 9.53 Å². The van der Waals surface area contributed by atoms with Crippen LogP contribution in [0.5, 0.6) is 0 Å². The number of nitrogens with zero attached hydrogens (tertiary/aromatic N) is 2. The Bertz CT molecular complexity index is 566. The van der Waals surface area contributed by atoms with Gasteiger partial charge in [-0.25, -0.2) is 0 Å². The fourth-order valence-electron chi connectivity index (χ4n) is 4.34. The van der Waals surface area contributed by atoms with Gasteiger partial charge in [0.2, 0.25) is 5.91 Å². The van der Waals surface area contributed by atoms with Gasteiger partial charge >= 0.3 is 0 Å². The Hall–Kier alpha value is -1.43. The summed E-state index contributed by atoms with van der Waals surface area (Å²) in [4.78, 5) is 17.6. The van der Waals surface area contributed by atoms with E-state index in [9.17, 15) is 4.79 Å². The minimum absolute atomic E-state index is 0.177. The van der Waals surface area contributed by atoms with Gasteiger partial charge in [0.15, 0.2) is 0 Å². The van der Waals surface area contributed by atoms with Gasteiger partial charge in [0.25, 0.3) is 0 Å². The van der Waals surface area contributed by atoms with E-state index in [0.717, 1.165) is 52.2 Å². The van der Waals surface area contributed by atoms with Crippen LogP contribution in [0.3, 0.4) is 0 Å². The van der Waals surface area contributed by atoms with E-state index in [4.69, 9.17) is 4.74 Å². The Morgan fingerprint density at radius 1 is 1.14 bits per heavy atom. The lowest BCUT2D eigenvalue weighted by Crippen LogP contribution is -2.49. The fourth-order valence-corrected chi connectivity index (χ4v) is 4.34. The van der Waals surface area contributed by atoms with Crippen LogP contribution in [0.25, 0.3) is 0 Å². The lowest BCUT2D eigenvalue weighted by Gasteiger charge is -2.35. The smallest absolute Gasteiger partial charge is 0.234 e. The first kappa shape index (κ1) is 21.3. The summed E-state index contributed by atoms with van der Waals surface area (Å²) in [7, 11) is 0. The molecule has 1 aromatic rings. The first-order valence-corrected chi connectivity index (χ1v) is 11.1. The summed E-state index contributed by atoms with van der Waals surface area (Å²) in [6.45, 7) is 8.10. The van der Waals surface area contributed by atoms with Crippen LogP contribution >= 0.6 is 0 Å². The first-order valence-electron chi connectivity index (χ1n) is 11.1. The molecule has 3 rings (SSSR count). The fraction of sp³-hybridized carbons (Fsp3) is 0.696. The molecule has 0 spiro atoms. The van der Waals surface area contributed by atoms with E-state index in [2.05, 4.69) is 46.3 Å². The van der Waals surface area contributed by atoms with E-state index < -0.39 is 0 Å². The highest BCUT2D eigenvalue weighted by Gasteiger charge is 2.23. The molecule has 2 aliphatic rings. The standard InChI is InChI=1S/C23H37N3O2/c1-20(17-25-13-15-28-16-14-25)26(18-21-9-5-4-6-10-21)19-23(27)24-22-11-7-2-3-8-12-22/h4-6,9-10,20,22H,2-3,7-8,11-19H2,1H3,(H,24,27). The van der Waals surface area contributed by atoms with E-state index in [0.29, 0.717) is 18.6 Å². The molecular weight excluding hydrogens is 350 g/mol. The van der Waals surface area contributed by atoms with Gasteiger partial charge in [0.05, 0.1) is 19.8 Å². The van der Waals surface area contributed by atoms with E-state index in [1.807, 2.05) is 6.07 Å². The predicted octanol–water partition coefficient (Wildman–Crippen LogP) is 3.05. The number of hydrogen-bond acceptors (Lipinski definition) is 4. The molecule has 1 saturated carbocycles. The molecule has 1 atom stereocenters. The third-order valence-corrected chi connectivity index (χ3v) is 6.04. The molecule has 1 amide bonds. The van der Waals surface area contributed by atoms with E-state index in [-0.39, 0.29) is 5.91 Å². The van der Waals surface area contributed by atoms with Gasteiger partial charge in [-0.3, -0.25) is 14.6 Å². The summed E-state index contributed by atoms with van der Waals surface area (Å²) >= 11 is 0. The number of carbonyl (C=O) groups excluding carboxylic acids is 1. The van der Waals surface area contributed by atoms with E-state index in [1.165, 1.54) is 31.2 Å². The number of morpholine rings is 1. The Morgan fingerprint density at radius 2 is 1.82 bits per heavy atom. The lowest BCUT2D eigenvalue weighted by molar-refractivity contribution is -0.123. The first-order chi connectivity index (χ1) is 13.7. The Morgan fingerprint density at radius 3 is 2.50 bits per heavy atom. The Labute approximate surface area is 170 Å². The van der Waals surface area contributed by atoms with E-state index >= 15 is 0 Å². The average molecular weight is 388 g/mol. The number of carbonyl (C=O) groups is 1. The molecule has 5 nitrogen and oxygen atoms in total. The van der Waals surface area contributed by atoms with Crippen molar-refractivity contribution in [2.45, 2.75) is 64.1 Å². The molecule has 1 aliphatic heterocycles. The van der Waals surface area contributed by atoms with Gasteiger partial charge in [0, 0.05) is 38.3 Å². The zero-order chi connectivity index (χ0) is 19.6. The highest BCUT2D eigenvalue weighted by atomic mass is 16.5. The summed E-state index contributed by atoms with van der Waals surface area (Å²) in [6, 6.07) is 11.2. The maximum atomic E-state index is 12.8. The van der Waals surface area contributed by atoms with E-state index in [1.54, 1.807) is 0 Å². The van der Waals surface area contributed by atoms with Crippen LogP contribution in [-0.4, -0.2) is 67.2 Å². The van der Waals surface area contributed by atoms with Gasteiger partial charge in [-0.2, -0.15) is 0 Å². The molecule has 1 heterocycles. The van der Waals surface area contributed by atoms with Crippen molar-refractivity contribution in [2.75, 3.05) is 39.4 Å². The summed E-state index contributed by atoms with van der Waals surface area (Å²) in [5, 5.41) is 3.32. The number of hydrogen-bond donors (Lipinski definition) is 1. The van der Waals surface area contributed by atoms with Crippen LogP contribution in [0.1, 0.15) is 51.0 Å². The lowest BCUT2D eigenvalue weighted by atomic mass is 10.1. The normalized spacial score (nSPS) is 20.6. The molecule has 5 heteroatoms. The predicted molar refractivity (Wildman–Crippen MR) is 113 cm³/mol. The zero-order valence-corrected chi connectivity index (χ0v) is 17.4. The summed E-state index contributed by atoms with van der Waals surface area (Å²) in [5.41, 5.74) is 1.26. The van der Waals surface area contributed by atoms with Crippen LogP contribution in [0.15, 0.2) is 30.3 Å². The third-order valence-electron chi connectivity index (χ3n) is 6.04. The van der Waals surface area contributed by atoms with Gasteiger partial charge in [0.1, 0.15) is 0 Å². The molecular formula is C23H37N3O2. The molecule has 1 aliphatic carbocycles. The monoisotopic (exact) mass is 387 g/mol. The average Bonchev–Trinajstić information content (AvgIpc) is 2.97.